The predicted molar refractivity (Wildman–Crippen MR) is 141 cm³/mol. The summed E-state index contributed by atoms with van der Waals surface area (Å²) in [6.45, 7) is 7.24. The zero-order valence-corrected chi connectivity index (χ0v) is 21.0. The fraction of sp³-hybridized carbons (Fsp3) is 0.444. The van der Waals surface area contributed by atoms with Crippen molar-refractivity contribution in [1.82, 2.24) is 14.9 Å². The highest BCUT2D eigenvalue weighted by molar-refractivity contribution is 6.30. The van der Waals surface area contributed by atoms with Crippen molar-refractivity contribution in [3.8, 4) is 5.88 Å². The molecule has 8 heteroatoms. The molecule has 2 aliphatic rings. The number of carbonyl (C=O) groups excluding carboxylic acids is 1. The molecule has 0 radical (unpaired) electrons. The molecule has 2 saturated heterocycles. The van der Waals surface area contributed by atoms with Gasteiger partial charge in [-0.15, -0.1) is 0 Å². The zero-order chi connectivity index (χ0) is 24.2. The van der Waals surface area contributed by atoms with Crippen LogP contribution in [-0.4, -0.2) is 66.7 Å². The van der Waals surface area contributed by atoms with Crippen molar-refractivity contribution in [2.24, 2.45) is 5.92 Å². The third-order valence-corrected chi connectivity index (χ3v) is 7.03. The van der Waals surface area contributed by atoms with Gasteiger partial charge in [0, 0.05) is 50.0 Å². The normalized spacial score (nSPS) is 18.7. The Hall–Kier alpha value is -3.06. The zero-order valence-electron chi connectivity index (χ0n) is 20.2. The number of rotatable bonds is 6. The summed E-state index contributed by atoms with van der Waals surface area (Å²) in [5.74, 6) is 1.51. The third-order valence-electron chi connectivity index (χ3n) is 6.80. The van der Waals surface area contributed by atoms with E-state index in [0.29, 0.717) is 19.0 Å². The molecular weight excluding hydrogens is 462 g/mol. The minimum Gasteiger partial charge on any atom is -0.475 e. The average Bonchev–Trinajstić information content (AvgIpc) is 2.91. The van der Waals surface area contributed by atoms with Crippen molar-refractivity contribution >= 4 is 40.0 Å². The highest BCUT2D eigenvalue weighted by Gasteiger charge is 2.33. The van der Waals surface area contributed by atoms with E-state index in [1.165, 1.54) is 0 Å². The summed E-state index contributed by atoms with van der Waals surface area (Å²) in [6, 6.07) is 15.8. The van der Waals surface area contributed by atoms with Crippen LogP contribution in [-0.2, 0) is 4.79 Å². The molecule has 3 aromatic rings. The maximum atomic E-state index is 13.5. The van der Waals surface area contributed by atoms with Gasteiger partial charge in [-0.1, -0.05) is 36.7 Å². The van der Waals surface area contributed by atoms with Crippen molar-refractivity contribution in [3.05, 3.63) is 53.6 Å². The van der Waals surface area contributed by atoms with Crippen LogP contribution in [0.25, 0.3) is 11.0 Å². The summed E-state index contributed by atoms with van der Waals surface area (Å²) >= 11 is 6.17. The number of nitrogens with zero attached hydrogens (tertiary/aromatic N) is 5. The van der Waals surface area contributed by atoms with Gasteiger partial charge in [-0.25, -0.2) is 9.97 Å². The second-order valence-electron chi connectivity index (χ2n) is 9.27. The smallest absolute Gasteiger partial charge is 0.258 e. The Labute approximate surface area is 211 Å². The van der Waals surface area contributed by atoms with E-state index >= 15 is 0 Å². The van der Waals surface area contributed by atoms with E-state index in [4.69, 9.17) is 26.3 Å². The molecule has 2 aromatic carbocycles. The second kappa shape index (κ2) is 10.7. The van der Waals surface area contributed by atoms with E-state index in [2.05, 4.69) is 22.8 Å². The van der Waals surface area contributed by atoms with Crippen molar-refractivity contribution < 1.29 is 9.53 Å². The van der Waals surface area contributed by atoms with Gasteiger partial charge in [0.25, 0.3) is 5.88 Å². The molecule has 0 aliphatic carbocycles. The van der Waals surface area contributed by atoms with Crippen molar-refractivity contribution in [2.45, 2.75) is 26.2 Å². The van der Waals surface area contributed by atoms with Crippen LogP contribution in [0.2, 0.25) is 5.02 Å². The Bertz CT molecular complexity index is 1180. The molecule has 2 aliphatic heterocycles. The molecule has 0 bridgehead atoms. The maximum Gasteiger partial charge on any atom is 0.258 e. The number of hydrogen-bond donors (Lipinski definition) is 0. The first-order valence-electron chi connectivity index (χ1n) is 12.6. The van der Waals surface area contributed by atoms with Crippen LogP contribution in [0, 0.1) is 5.92 Å². The number of carbonyl (C=O) groups is 1. The van der Waals surface area contributed by atoms with Crippen LogP contribution < -0.4 is 14.5 Å². The van der Waals surface area contributed by atoms with Gasteiger partial charge in [-0.3, -0.25) is 4.79 Å². The molecule has 1 atom stereocenters. The second-order valence-corrected chi connectivity index (χ2v) is 9.70. The number of anilines is 2. The number of hydrogen-bond acceptors (Lipinski definition) is 6. The van der Waals surface area contributed by atoms with E-state index in [9.17, 15) is 4.79 Å². The highest BCUT2D eigenvalue weighted by Crippen LogP contribution is 2.31. The van der Waals surface area contributed by atoms with E-state index in [-0.39, 0.29) is 11.8 Å². The molecule has 7 nitrogen and oxygen atoms in total. The fourth-order valence-electron chi connectivity index (χ4n) is 4.96. The summed E-state index contributed by atoms with van der Waals surface area (Å²) in [5, 5.41) is 0.738. The lowest BCUT2D eigenvalue weighted by atomic mass is 9.96. The van der Waals surface area contributed by atoms with Crippen molar-refractivity contribution in [3.63, 3.8) is 0 Å². The van der Waals surface area contributed by atoms with Gasteiger partial charge < -0.3 is 19.4 Å². The summed E-state index contributed by atoms with van der Waals surface area (Å²) in [5.41, 5.74) is 2.78. The summed E-state index contributed by atoms with van der Waals surface area (Å²) in [7, 11) is 0. The summed E-state index contributed by atoms with van der Waals surface area (Å²) in [4.78, 5) is 29.7. The first kappa shape index (κ1) is 23.7. The van der Waals surface area contributed by atoms with Gasteiger partial charge in [0.15, 0.2) is 5.82 Å². The quantitative estimate of drug-likeness (QED) is 0.498. The van der Waals surface area contributed by atoms with Crippen molar-refractivity contribution in [1.29, 1.82) is 0 Å². The maximum absolute atomic E-state index is 13.5. The fourth-order valence-corrected chi connectivity index (χ4v) is 5.15. The Morgan fingerprint density at radius 3 is 2.51 bits per heavy atom. The number of halogens is 1. The van der Waals surface area contributed by atoms with Gasteiger partial charge in [0.1, 0.15) is 0 Å². The van der Waals surface area contributed by atoms with Gasteiger partial charge >= 0.3 is 0 Å². The van der Waals surface area contributed by atoms with Crippen LogP contribution >= 0.6 is 11.6 Å². The molecule has 1 amide bonds. The SMILES string of the molecule is CCCOc1nc2ccccc2nc1N1CCCC(C(=O)N2CCN(c3cccc(Cl)c3)CC2)C1. The largest absolute Gasteiger partial charge is 0.475 e. The molecule has 1 unspecified atom stereocenters. The highest BCUT2D eigenvalue weighted by atomic mass is 35.5. The number of fused-ring (bicyclic) bond motifs is 1. The first-order chi connectivity index (χ1) is 17.1. The molecule has 0 saturated carbocycles. The molecule has 0 N–H and O–H groups in total. The van der Waals surface area contributed by atoms with Crippen LogP contribution in [0.4, 0.5) is 11.5 Å². The van der Waals surface area contributed by atoms with E-state index in [0.717, 1.165) is 79.5 Å². The topological polar surface area (TPSA) is 61.8 Å². The number of ether oxygens (including phenoxy) is 1. The van der Waals surface area contributed by atoms with Gasteiger partial charge in [-0.2, -0.15) is 0 Å². The lowest BCUT2D eigenvalue weighted by molar-refractivity contribution is -0.136. The van der Waals surface area contributed by atoms with Gasteiger partial charge in [0.05, 0.1) is 23.6 Å². The average molecular weight is 494 g/mol. The standard InChI is InChI=1S/C27H32ClN5O2/c1-2-17-35-26-25(29-23-10-3-4-11-24(23)30-26)33-12-6-7-20(19-33)27(34)32-15-13-31(14-16-32)22-9-5-8-21(28)18-22/h3-5,8-11,18,20H,2,6-7,12-17,19H2,1H3. The number of para-hydroxylation sites is 2. The Balaban J connectivity index is 1.28. The summed E-state index contributed by atoms with van der Waals surface area (Å²) < 4.78 is 6.00. The van der Waals surface area contributed by atoms with Crippen molar-refractivity contribution in [2.75, 3.05) is 55.7 Å². The monoisotopic (exact) mass is 493 g/mol. The van der Waals surface area contributed by atoms with Gasteiger partial charge in [-0.05, 0) is 49.6 Å². The number of piperidine rings is 1. The minimum atomic E-state index is -0.0474. The van der Waals surface area contributed by atoms with Gasteiger partial charge in [0.2, 0.25) is 5.91 Å². The third kappa shape index (κ3) is 5.30. The molecule has 2 fully saturated rings. The lowest BCUT2D eigenvalue weighted by Crippen LogP contribution is -2.52. The van der Waals surface area contributed by atoms with E-state index < -0.39 is 0 Å². The molecule has 184 valence electrons. The van der Waals surface area contributed by atoms with Crippen LogP contribution in [0.3, 0.4) is 0 Å². The molecular formula is C27H32ClN5O2. The summed E-state index contributed by atoms with van der Waals surface area (Å²) in [6.07, 6.45) is 2.74. The lowest BCUT2D eigenvalue weighted by Gasteiger charge is -2.40. The number of amides is 1. The predicted octanol–water partition coefficient (Wildman–Crippen LogP) is 4.64. The Morgan fingerprint density at radius 2 is 1.77 bits per heavy atom. The van der Waals surface area contributed by atoms with Crippen LogP contribution in [0.15, 0.2) is 48.5 Å². The van der Waals surface area contributed by atoms with Crippen LogP contribution in [0.5, 0.6) is 5.88 Å². The molecule has 3 heterocycles. The van der Waals surface area contributed by atoms with Crippen LogP contribution in [0.1, 0.15) is 26.2 Å². The molecule has 5 rings (SSSR count). The Kier molecular flexibility index (Phi) is 7.23. The molecule has 0 spiro atoms. The molecule has 1 aromatic heterocycles. The first-order valence-corrected chi connectivity index (χ1v) is 12.9. The number of benzene rings is 2. The van der Waals surface area contributed by atoms with E-state index in [1.807, 2.05) is 47.4 Å². The minimum absolute atomic E-state index is 0.0474. The number of aromatic nitrogens is 2. The Morgan fingerprint density at radius 1 is 1.00 bits per heavy atom. The number of piperazine rings is 1. The van der Waals surface area contributed by atoms with E-state index in [1.54, 1.807) is 0 Å². The molecule has 35 heavy (non-hydrogen) atoms.